The first-order chi connectivity index (χ1) is 14.8. The van der Waals surface area contributed by atoms with Crippen LogP contribution in [0.1, 0.15) is 43.9 Å². The standard InChI is InChI=1S/C24H27BrN2O4/c1-24(2)30-20(22(28)26-15-16-10-12-18(25)13-11-16)21(31-24)23(29)27-14-6-9-19(27)17-7-4-3-5-8-17/h3-5,7-8,10-13,19-21H,6,9,14-15H2,1-2H3,(H,26,28)/t19?,20-,21-/m1/s1. The third-order valence-corrected chi connectivity index (χ3v) is 6.23. The maximum atomic E-state index is 13.5. The van der Waals surface area contributed by atoms with Gasteiger partial charge in [0.05, 0.1) is 6.04 Å². The van der Waals surface area contributed by atoms with Gasteiger partial charge < -0.3 is 19.7 Å². The highest BCUT2D eigenvalue weighted by Crippen LogP contribution is 2.36. The van der Waals surface area contributed by atoms with Crippen molar-refractivity contribution in [3.8, 4) is 0 Å². The predicted molar refractivity (Wildman–Crippen MR) is 120 cm³/mol. The van der Waals surface area contributed by atoms with E-state index in [0.29, 0.717) is 13.1 Å². The summed E-state index contributed by atoms with van der Waals surface area (Å²) in [7, 11) is 0. The van der Waals surface area contributed by atoms with Gasteiger partial charge in [-0.05, 0) is 49.9 Å². The van der Waals surface area contributed by atoms with Crippen LogP contribution >= 0.6 is 15.9 Å². The lowest BCUT2D eigenvalue weighted by molar-refractivity contribution is -0.163. The van der Waals surface area contributed by atoms with Gasteiger partial charge in [0, 0.05) is 17.6 Å². The highest BCUT2D eigenvalue weighted by atomic mass is 79.9. The largest absolute Gasteiger partial charge is 0.350 e. The van der Waals surface area contributed by atoms with Crippen LogP contribution in [0.15, 0.2) is 59.1 Å². The van der Waals surface area contributed by atoms with E-state index < -0.39 is 18.0 Å². The Labute approximate surface area is 191 Å². The molecule has 0 aliphatic carbocycles. The number of amides is 2. The second-order valence-electron chi connectivity index (χ2n) is 8.42. The molecule has 2 heterocycles. The molecule has 0 radical (unpaired) electrons. The van der Waals surface area contributed by atoms with E-state index in [0.717, 1.165) is 28.4 Å². The number of benzene rings is 2. The molecule has 0 spiro atoms. The van der Waals surface area contributed by atoms with E-state index in [-0.39, 0.29) is 17.9 Å². The molecule has 0 aromatic heterocycles. The molecule has 2 saturated heterocycles. The van der Waals surface area contributed by atoms with Gasteiger partial charge in [-0.15, -0.1) is 0 Å². The molecule has 2 aliphatic heterocycles. The molecule has 2 aromatic carbocycles. The van der Waals surface area contributed by atoms with Gasteiger partial charge in [-0.1, -0.05) is 58.4 Å². The zero-order valence-electron chi connectivity index (χ0n) is 17.7. The SMILES string of the molecule is CC1(C)O[C@@H](C(=O)NCc2ccc(Br)cc2)[C@H](C(=O)N2CCCC2c2ccccc2)O1. The molecule has 4 rings (SSSR count). The van der Waals surface area contributed by atoms with E-state index in [1.807, 2.05) is 59.5 Å². The van der Waals surface area contributed by atoms with Crippen LogP contribution in [0.4, 0.5) is 0 Å². The van der Waals surface area contributed by atoms with Crippen molar-refractivity contribution >= 4 is 27.7 Å². The van der Waals surface area contributed by atoms with Gasteiger partial charge in [-0.2, -0.15) is 0 Å². The van der Waals surface area contributed by atoms with E-state index in [1.165, 1.54) is 0 Å². The summed E-state index contributed by atoms with van der Waals surface area (Å²) in [6, 6.07) is 17.7. The highest BCUT2D eigenvalue weighted by Gasteiger charge is 2.51. The van der Waals surface area contributed by atoms with Gasteiger partial charge in [-0.25, -0.2) is 0 Å². The van der Waals surface area contributed by atoms with Crippen molar-refractivity contribution in [1.29, 1.82) is 0 Å². The monoisotopic (exact) mass is 486 g/mol. The summed E-state index contributed by atoms with van der Waals surface area (Å²) >= 11 is 3.40. The van der Waals surface area contributed by atoms with E-state index in [2.05, 4.69) is 21.2 Å². The summed E-state index contributed by atoms with van der Waals surface area (Å²) in [5.41, 5.74) is 2.06. The van der Waals surface area contributed by atoms with Crippen molar-refractivity contribution in [2.45, 2.75) is 57.3 Å². The van der Waals surface area contributed by atoms with Crippen molar-refractivity contribution in [3.63, 3.8) is 0 Å². The Hall–Kier alpha value is -2.22. The van der Waals surface area contributed by atoms with Crippen LogP contribution in [-0.4, -0.2) is 41.3 Å². The summed E-state index contributed by atoms with van der Waals surface area (Å²) in [6.07, 6.45) is -0.144. The number of nitrogens with zero attached hydrogens (tertiary/aromatic N) is 1. The van der Waals surface area contributed by atoms with Crippen molar-refractivity contribution in [2.75, 3.05) is 6.54 Å². The van der Waals surface area contributed by atoms with Crippen LogP contribution in [0.3, 0.4) is 0 Å². The first kappa shape index (κ1) is 22.0. The van der Waals surface area contributed by atoms with Gasteiger partial charge in [0.25, 0.3) is 11.8 Å². The Morgan fingerprint density at radius 2 is 1.74 bits per heavy atom. The molecule has 3 atom stereocenters. The third-order valence-electron chi connectivity index (χ3n) is 5.70. The fourth-order valence-corrected chi connectivity index (χ4v) is 4.51. The van der Waals surface area contributed by atoms with E-state index in [1.54, 1.807) is 13.8 Å². The number of nitrogens with one attached hydrogen (secondary N) is 1. The minimum Gasteiger partial charge on any atom is -0.350 e. The molecule has 2 aliphatic rings. The molecule has 6 nitrogen and oxygen atoms in total. The lowest BCUT2D eigenvalue weighted by atomic mass is 10.0. The summed E-state index contributed by atoms with van der Waals surface area (Å²) in [5, 5.41) is 2.89. The first-order valence-electron chi connectivity index (χ1n) is 10.6. The highest BCUT2D eigenvalue weighted by molar-refractivity contribution is 9.10. The topological polar surface area (TPSA) is 67.9 Å². The van der Waals surface area contributed by atoms with Crippen molar-refractivity contribution in [2.24, 2.45) is 0 Å². The number of rotatable bonds is 5. The fraction of sp³-hybridized carbons (Fsp3) is 0.417. The molecule has 2 fully saturated rings. The number of halogens is 1. The zero-order valence-corrected chi connectivity index (χ0v) is 19.3. The first-order valence-corrected chi connectivity index (χ1v) is 11.4. The van der Waals surface area contributed by atoms with E-state index in [9.17, 15) is 9.59 Å². The predicted octanol–water partition coefficient (Wildman–Crippen LogP) is 3.95. The smallest absolute Gasteiger partial charge is 0.255 e. The number of likely N-dealkylation sites (tertiary alicyclic amines) is 1. The van der Waals surface area contributed by atoms with Crippen LogP contribution in [0.5, 0.6) is 0 Å². The van der Waals surface area contributed by atoms with Gasteiger partial charge in [0.2, 0.25) is 0 Å². The van der Waals surface area contributed by atoms with E-state index in [4.69, 9.17) is 9.47 Å². The maximum Gasteiger partial charge on any atom is 0.255 e. The van der Waals surface area contributed by atoms with Gasteiger partial charge in [0.1, 0.15) is 0 Å². The summed E-state index contributed by atoms with van der Waals surface area (Å²) < 4.78 is 12.8. The molecular formula is C24H27BrN2O4. The lowest BCUT2D eigenvalue weighted by Gasteiger charge is -2.28. The number of ether oxygens (including phenoxy) is 2. The average molecular weight is 487 g/mol. The van der Waals surface area contributed by atoms with Crippen LogP contribution in [0.2, 0.25) is 0 Å². The minimum absolute atomic E-state index is 0.00695. The summed E-state index contributed by atoms with van der Waals surface area (Å²) in [6.45, 7) is 4.46. The Morgan fingerprint density at radius 1 is 1.06 bits per heavy atom. The molecule has 2 amide bonds. The number of carbonyl (C=O) groups is 2. The average Bonchev–Trinajstić information content (AvgIpc) is 3.37. The Morgan fingerprint density at radius 3 is 2.45 bits per heavy atom. The second kappa shape index (κ2) is 9.10. The van der Waals surface area contributed by atoms with Crippen molar-refractivity contribution in [3.05, 3.63) is 70.2 Å². The van der Waals surface area contributed by atoms with Crippen LogP contribution in [0.25, 0.3) is 0 Å². The molecule has 31 heavy (non-hydrogen) atoms. The quantitative estimate of drug-likeness (QED) is 0.694. The third kappa shape index (κ3) is 5.00. The van der Waals surface area contributed by atoms with Gasteiger partial charge in [0.15, 0.2) is 18.0 Å². The molecule has 1 unspecified atom stereocenters. The number of carbonyl (C=O) groups excluding carboxylic acids is 2. The molecule has 0 bridgehead atoms. The minimum atomic E-state index is -1.01. The molecule has 1 N–H and O–H groups in total. The summed E-state index contributed by atoms with van der Waals surface area (Å²) in [5.74, 6) is -1.55. The van der Waals surface area contributed by atoms with Gasteiger partial charge in [-0.3, -0.25) is 9.59 Å². The van der Waals surface area contributed by atoms with Crippen molar-refractivity contribution < 1.29 is 19.1 Å². The normalized spacial score (nSPS) is 24.9. The number of hydrogen-bond donors (Lipinski definition) is 1. The van der Waals surface area contributed by atoms with Crippen LogP contribution in [-0.2, 0) is 25.6 Å². The molecule has 0 saturated carbocycles. The molecule has 7 heteroatoms. The maximum absolute atomic E-state index is 13.5. The molecular weight excluding hydrogens is 460 g/mol. The van der Waals surface area contributed by atoms with E-state index >= 15 is 0 Å². The summed E-state index contributed by atoms with van der Waals surface area (Å²) in [4.78, 5) is 28.3. The zero-order chi connectivity index (χ0) is 22.0. The number of hydrogen-bond acceptors (Lipinski definition) is 4. The van der Waals surface area contributed by atoms with Crippen molar-refractivity contribution in [1.82, 2.24) is 10.2 Å². The fourth-order valence-electron chi connectivity index (χ4n) is 4.24. The van der Waals surface area contributed by atoms with Crippen LogP contribution < -0.4 is 5.32 Å². The molecule has 2 aromatic rings. The lowest BCUT2D eigenvalue weighted by Crippen LogP contribution is -2.49. The Bertz CT molecular complexity index is 932. The Kier molecular flexibility index (Phi) is 6.46. The molecule has 164 valence electrons. The van der Waals surface area contributed by atoms with Crippen LogP contribution in [0, 0.1) is 0 Å². The second-order valence-corrected chi connectivity index (χ2v) is 9.34. The Balaban J connectivity index is 1.48. The van der Waals surface area contributed by atoms with Gasteiger partial charge >= 0.3 is 0 Å².